The number of piperidine rings is 4. The summed E-state index contributed by atoms with van der Waals surface area (Å²) in [7, 11) is 0. The van der Waals surface area contributed by atoms with Crippen LogP contribution in [0, 0.1) is 11.8 Å². The van der Waals surface area contributed by atoms with Crippen LogP contribution in [0.1, 0.15) is 46.0 Å². The fourth-order valence-electron chi connectivity index (χ4n) is 5.52. The van der Waals surface area contributed by atoms with Crippen molar-refractivity contribution in [2.75, 3.05) is 39.3 Å². The summed E-state index contributed by atoms with van der Waals surface area (Å²) < 4.78 is 0. The molecule has 5 saturated heterocycles. The molecule has 0 aliphatic carbocycles. The Labute approximate surface area is 130 Å². The first kappa shape index (κ1) is 14.5. The number of hydrogen-bond donors (Lipinski definition) is 0. The van der Waals surface area contributed by atoms with Crippen LogP contribution in [0.4, 0.5) is 0 Å². The number of rotatable bonds is 2. The minimum atomic E-state index is 0.795. The minimum absolute atomic E-state index is 0.795. The van der Waals surface area contributed by atoms with Crippen molar-refractivity contribution in [1.29, 1.82) is 0 Å². The van der Waals surface area contributed by atoms with Crippen LogP contribution >= 0.6 is 0 Å². The van der Waals surface area contributed by atoms with Crippen LogP contribution in [-0.4, -0.2) is 72.1 Å². The highest BCUT2D eigenvalue weighted by Gasteiger charge is 2.44. The second-order valence-electron chi connectivity index (χ2n) is 8.36. The molecule has 21 heavy (non-hydrogen) atoms. The van der Waals surface area contributed by atoms with Gasteiger partial charge in [0.2, 0.25) is 0 Å². The molecule has 2 bridgehead atoms. The van der Waals surface area contributed by atoms with E-state index in [1.165, 1.54) is 71.4 Å². The zero-order chi connectivity index (χ0) is 14.4. The van der Waals surface area contributed by atoms with Gasteiger partial charge in [0.05, 0.1) is 0 Å². The topological polar surface area (TPSA) is 9.72 Å². The van der Waals surface area contributed by atoms with Gasteiger partial charge in [0.15, 0.2) is 0 Å². The van der Waals surface area contributed by atoms with Crippen molar-refractivity contribution in [2.24, 2.45) is 11.8 Å². The Kier molecular flexibility index (Phi) is 4.01. The van der Waals surface area contributed by atoms with Gasteiger partial charge < -0.3 is 4.90 Å². The Morgan fingerprint density at radius 2 is 1.67 bits per heavy atom. The Balaban J connectivity index is 1.53. The minimum Gasteiger partial charge on any atom is -0.302 e. The normalized spacial score (nSPS) is 45.0. The van der Waals surface area contributed by atoms with E-state index in [2.05, 4.69) is 28.5 Å². The van der Waals surface area contributed by atoms with Gasteiger partial charge in [-0.2, -0.15) is 0 Å². The number of nitrogens with zero attached hydrogens (tertiary/aromatic N) is 3. The third-order valence-electron chi connectivity index (χ3n) is 6.84. The summed E-state index contributed by atoms with van der Waals surface area (Å²) >= 11 is 0. The van der Waals surface area contributed by atoms with Crippen molar-refractivity contribution in [3.63, 3.8) is 0 Å². The average molecular weight is 291 g/mol. The van der Waals surface area contributed by atoms with Crippen LogP contribution in [0.2, 0.25) is 0 Å². The molecular formula is C18H33N3. The third kappa shape index (κ3) is 2.66. The molecule has 5 rings (SSSR count). The first-order chi connectivity index (χ1) is 10.2. The summed E-state index contributed by atoms with van der Waals surface area (Å²) in [5.74, 6) is 1.79. The van der Waals surface area contributed by atoms with Gasteiger partial charge in [-0.25, -0.2) is 0 Å². The van der Waals surface area contributed by atoms with Crippen molar-refractivity contribution in [1.82, 2.24) is 14.7 Å². The first-order valence-corrected chi connectivity index (χ1v) is 9.44. The highest BCUT2D eigenvalue weighted by atomic mass is 15.3. The number of hydrogen-bond acceptors (Lipinski definition) is 3. The predicted octanol–water partition coefficient (Wildman–Crippen LogP) is 2.28. The lowest BCUT2D eigenvalue weighted by Crippen LogP contribution is -2.68. The molecule has 120 valence electrons. The Bertz CT molecular complexity index is 361. The van der Waals surface area contributed by atoms with Gasteiger partial charge in [-0.3, -0.25) is 9.80 Å². The molecule has 3 heteroatoms. The highest BCUT2D eigenvalue weighted by molar-refractivity contribution is 5.00. The number of fused-ring (bicyclic) bond motifs is 4. The van der Waals surface area contributed by atoms with E-state index in [0.29, 0.717) is 0 Å². The Morgan fingerprint density at radius 1 is 0.857 bits per heavy atom. The summed E-state index contributed by atoms with van der Waals surface area (Å²) in [5, 5.41) is 0. The SMILES string of the molecule is CC(C)C1CN2CCCCC2CN1C1CN2CCC1CC2. The maximum Gasteiger partial charge on any atom is 0.0256 e. The molecule has 5 aliphatic rings. The van der Waals surface area contributed by atoms with E-state index in [-0.39, 0.29) is 0 Å². The smallest absolute Gasteiger partial charge is 0.0256 e. The molecule has 0 aromatic carbocycles. The second-order valence-corrected chi connectivity index (χ2v) is 8.36. The average Bonchev–Trinajstić information content (AvgIpc) is 2.54. The Morgan fingerprint density at radius 3 is 2.33 bits per heavy atom. The van der Waals surface area contributed by atoms with Gasteiger partial charge in [-0.15, -0.1) is 0 Å². The van der Waals surface area contributed by atoms with E-state index in [9.17, 15) is 0 Å². The van der Waals surface area contributed by atoms with E-state index in [1.807, 2.05) is 0 Å². The summed E-state index contributed by atoms with van der Waals surface area (Å²) in [6.45, 7) is 13.1. The van der Waals surface area contributed by atoms with Crippen LogP contribution < -0.4 is 0 Å². The molecule has 5 fully saturated rings. The van der Waals surface area contributed by atoms with Crippen LogP contribution in [-0.2, 0) is 0 Å². The van der Waals surface area contributed by atoms with Crippen molar-refractivity contribution in [3.8, 4) is 0 Å². The van der Waals surface area contributed by atoms with Gasteiger partial charge in [-0.05, 0) is 57.2 Å². The van der Waals surface area contributed by atoms with Crippen LogP contribution in [0.15, 0.2) is 0 Å². The molecule has 3 nitrogen and oxygen atoms in total. The fourth-order valence-corrected chi connectivity index (χ4v) is 5.52. The van der Waals surface area contributed by atoms with Gasteiger partial charge in [-0.1, -0.05) is 20.3 Å². The fraction of sp³-hybridized carbons (Fsp3) is 1.00. The summed E-state index contributed by atoms with van der Waals surface area (Å²) in [4.78, 5) is 8.54. The standard InChI is InChI=1S/C18H33N3/c1-14(2)17-13-20-8-4-3-5-16(20)11-21(17)18-12-19-9-6-15(18)7-10-19/h14-18H,3-13H2,1-2H3. The van der Waals surface area contributed by atoms with E-state index < -0.39 is 0 Å². The number of piperazine rings is 1. The van der Waals surface area contributed by atoms with Gasteiger partial charge in [0, 0.05) is 37.8 Å². The molecular weight excluding hydrogens is 258 g/mol. The van der Waals surface area contributed by atoms with E-state index in [1.54, 1.807) is 0 Å². The maximum atomic E-state index is 2.98. The summed E-state index contributed by atoms with van der Waals surface area (Å²) in [6.07, 6.45) is 7.26. The molecule has 0 spiro atoms. The lowest BCUT2D eigenvalue weighted by molar-refractivity contribution is -0.0784. The largest absolute Gasteiger partial charge is 0.302 e. The second kappa shape index (κ2) is 5.82. The van der Waals surface area contributed by atoms with Crippen LogP contribution in [0.3, 0.4) is 0 Å². The molecule has 0 aromatic rings. The molecule has 0 radical (unpaired) electrons. The van der Waals surface area contributed by atoms with Crippen molar-refractivity contribution in [3.05, 3.63) is 0 Å². The zero-order valence-electron chi connectivity index (χ0n) is 14.0. The van der Waals surface area contributed by atoms with E-state index >= 15 is 0 Å². The van der Waals surface area contributed by atoms with Crippen molar-refractivity contribution < 1.29 is 0 Å². The van der Waals surface area contributed by atoms with Crippen molar-refractivity contribution in [2.45, 2.75) is 64.1 Å². The van der Waals surface area contributed by atoms with Crippen molar-refractivity contribution >= 4 is 0 Å². The van der Waals surface area contributed by atoms with Gasteiger partial charge in [0.1, 0.15) is 0 Å². The lowest BCUT2D eigenvalue weighted by Gasteiger charge is -2.57. The van der Waals surface area contributed by atoms with Crippen LogP contribution in [0.25, 0.3) is 0 Å². The maximum absolute atomic E-state index is 2.98. The van der Waals surface area contributed by atoms with E-state index in [0.717, 1.165) is 30.0 Å². The molecule has 5 heterocycles. The van der Waals surface area contributed by atoms with Gasteiger partial charge in [0.25, 0.3) is 0 Å². The van der Waals surface area contributed by atoms with Gasteiger partial charge >= 0.3 is 0 Å². The molecule has 0 N–H and O–H groups in total. The molecule has 0 amide bonds. The Hall–Kier alpha value is -0.120. The first-order valence-electron chi connectivity index (χ1n) is 9.44. The summed E-state index contributed by atoms with van der Waals surface area (Å²) in [6, 6.07) is 2.53. The molecule has 0 saturated carbocycles. The third-order valence-corrected chi connectivity index (χ3v) is 6.84. The quantitative estimate of drug-likeness (QED) is 0.773. The molecule has 3 unspecified atom stereocenters. The predicted molar refractivity (Wildman–Crippen MR) is 87.5 cm³/mol. The van der Waals surface area contributed by atoms with Crippen LogP contribution in [0.5, 0.6) is 0 Å². The lowest BCUT2D eigenvalue weighted by atomic mass is 9.80. The highest BCUT2D eigenvalue weighted by Crippen LogP contribution is 2.36. The zero-order valence-corrected chi connectivity index (χ0v) is 14.0. The monoisotopic (exact) mass is 291 g/mol. The molecule has 0 aromatic heterocycles. The molecule has 5 aliphatic heterocycles. The van der Waals surface area contributed by atoms with E-state index in [4.69, 9.17) is 0 Å². The molecule has 3 atom stereocenters. The summed E-state index contributed by atoms with van der Waals surface area (Å²) in [5.41, 5.74) is 0.